The average Bonchev–Trinajstić information content (AvgIpc) is 3.45. The van der Waals surface area contributed by atoms with Crippen molar-refractivity contribution >= 4 is 41.1 Å². The molecule has 8 nitrogen and oxygen atoms in total. The Bertz CT molecular complexity index is 1130. The number of halogens is 1. The molecule has 0 bridgehead atoms. The minimum absolute atomic E-state index is 0.112. The molecule has 0 aromatic heterocycles. The van der Waals surface area contributed by atoms with E-state index in [9.17, 15) is 24.5 Å². The lowest BCUT2D eigenvalue weighted by Gasteiger charge is -2.20. The van der Waals surface area contributed by atoms with Crippen molar-refractivity contribution in [1.29, 1.82) is 0 Å². The molecule has 1 aliphatic rings. The number of esters is 2. The van der Waals surface area contributed by atoms with Crippen molar-refractivity contribution in [3.8, 4) is 0 Å². The van der Waals surface area contributed by atoms with Crippen LogP contribution in [0.25, 0.3) is 6.08 Å². The van der Waals surface area contributed by atoms with E-state index in [0.717, 1.165) is 14.2 Å². The molecule has 0 saturated heterocycles. The lowest BCUT2D eigenvalue weighted by molar-refractivity contribution is -0.384. The average molecular weight is 472 g/mol. The van der Waals surface area contributed by atoms with Gasteiger partial charge in [0.05, 0.1) is 24.6 Å². The molecule has 0 N–H and O–H groups in total. The predicted octanol–water partition coefficient (Wildman–Crippen LogP) is 4.50. The van der Waals surface area contributed by atoms with E-state index in [2.05, 4.69) is 0 Å². The van der Waals surface area contributed by atoms with E-state index >= 15 is 0 Å². The van der Waals surface area contributed by atoms with Gasteiger partial charge < -0.3 is 9.47 Å². The maximum absolute atomic E-state index is 13.7. The van der Waals surface area contributed by atoms with Crippen molar-refractivity contribution in [3.05, 3.63) is 80.9 Å². The van der Waals surface area contributed by atoms with Crippen LogP contribution in [0, 0.1) is 26.9 Å². The molecule has 2 aromatic rings. The van der Waals surface area contributed by atoms with Crippen molar-refractivity contribution in [3.63, 3.8) is 0 Å². The number of benzene rings is 2. The summed E-state index contributed by atoms with van der Waals surface area (Å²) in [4.78, 5) is 50.3. The summed E-state index contributed by atoms with van der Waals surface area (Å²) in [7, 11) is 2.28. The zero-order valence-corrected chi connectivity index (χ0v) is 19.0. The smallest absolute Gasteiger partial charge is 0.324 e. The maximum Gasteiger partial charge on any atom is 0.324 e. The number of nitro groups is 1. The molecule has 0 unspecified atom stereocenters. The molecule has 0 amide bonds. The van der Waals surface area contributed by atoms with Gasteiger partial charge >= 0.3 is 11.9 Å². The maximum atomic E-state index is 13.7. The van der Waals surface area contributed by atoms with Gasteiger partial charge in [-0.15, -0.1) is 0 Å². The van der Waals surface area contributed by atoms with Crippen LogP contribution < -0.4 is 0 Å². The number of Topliss-reactive ketones (excluding diaryl/α,β-unsaturated/α-hetero) is 1. The van der Waals surface area contributed by atoms with E-state index in [-0.39, 0.29) is 17.7 Å². The van der Waals surface area contributed by atoms with Gasteiger partial charge in [-0.1, -0.05) is 42.8 Å². The van der Waals surface area contributed by atoms with Crippen LogP contribution in [0.1, 0.15) is 29.3 Å². The number of non-ortho nitro benzene ring substituents is 1. The molecule has 1 fully saturated rings. The van der Waals surface area contributed by atoms with Gasteiger partial charge in [-0.2, -0.15) is 0 Å². The third kappa shape index (κ3) is 3.70. The highest BCUT2D eigenvalue weighted by Crippen LogP contribution is 2.74. The summed E-state index contributed by atoms with van der Waals surface area (Å²) in [5.41, 5.74) is -2.70. The lowest BCUT2D eigenvalue weighted by atomic mass is 9.83. The van der Waals surface area contributed by atoms with E-state index in [1.807, 2.05) is 0 Å². The number of hydrogen-bond acceptors (Lipinski definition) is 7. The monoisotopic (exact) mass is 471 g/mol. The van der Waals surface area contributed by atoms with Crippen molar-refractivity contribution in [1.82, 2.24) is 0 Å². The number of rotatable bonds is 8. The number of nitro benzene ring substituents is 1. The summed E-state index contributed by atoms with van der Waals surface area (Å²) in [5.74, 6) is -3.08. The lowest BCUT2D eigenvalue weighted by Crippen LogP contribution is -2.37. The van der Waals surface area contributed by atoms with Crippen LogP contribution in [-0.4, -0.2) is 36.9 Å². The van der Waals surface area contributed by atoms with E-state index in [1.54, 1.807) is 37.3 Å². The standard InChI is InChI=1S/C24H22ClNO7/c1-4-23(20(27)16-9-11-17(25)12-10-16)19(24(23,21(28)32-2)22(29)33-3)13-8-15-6-5-7-18(14-15)26(30)31/h5-14,19H,4H2,1-3H3/b13-8+/t19-,23+/m0/s1. The van der Waals surface area contributed by atoms with Crippen molar-refractivity contribution in [2.45, 2.75) is 13.3 Å². The molecule has 1 saturated carbocycles. The molecule has 1 aliphatic carbocycles. The van der Waals surface area contributed by atoms with Gasteiger partial charge in [-0.25, -0.2) is 0 Å². The number of carbonyl (C=O) groups excluding carboxylic acids is 3. The highest BCUT2D eigenvalue weighted by atomic mass is 35.5. The van der Waals surface area contributed by atoms with Gasteiger partial charge in [0.15, 0.2) is 11.2 Å². The van der Waals surface area contributed by atoms with E-state index in [1.165, 1.54) is 30.3 Å². The second-order valence-corrected chi connectivity index (χ2v) is 8.08. The van der Waals surface area contributed by atoms with Gasteiger partial charge in [0.1, 0.15) is 0 Å². The van der Waals surface area contributed by atoms with Gasteiger partial charge in [0.25, 0.3) is 5.69 Å². The Kier molecular flexibility index (Phi) is 6.69. The minimum Gasteiger partial charge on any atom is -0.468 e. The predicted molar refractivity (Wildman–Crippen MR) is 121 cm³/mol. The summed E-state index contributed by atoms with van der Waals surface area (Å²) in [5, 5.41) is 11.5. The molecule has 0 aliphatic heterocycles. The second kappa shape index (κ2) is 9.15. The Labute approximate surface area is 195 Å². The Morgan fingerprint density at radius 1 is 1.09 bits per heavy atom. The van der Waals surface area contributed by atoms with Crippen LogP contribution in [0.3, 0.4) is 0 Å². The Morgan fingerprint density at radius 3 is 2.21 bits per heavy atom. The van der Waals surface area contributed by atoms with Crippen LogP contribution in [0.5, 0.6) is 0 Å². The van der Waals surface area contributed by atoms with E-state index < -0.39 is 39.4 Å². The molecular weight excluding hydrogens is 450 g/mol. The Morgan fingerprint density at radius 2 is 1.70 bits per heavy atom. The fourth-order valence-electron chi connectivity index (χ4n) is 4.69. The largest absolute Gasteiger partial charge is 0.468 e. The highest BCUT2D eigenvalue weighted by molar-refractivity contribution is 6.30. The molecule has 2 atom stereocenters. The number of ether oxygens (including phenoxy) is 2. The normalized spacial score (nSPS) is 20.8. The summed E-state index contributed by atoms with van der Waals surface area (Å²) in [6, 6.07) is 12.0. The topological polar surface area (TPSA) is 113 Å². The summed E-state index contributed by atoms with van der Waals surface area (Å²) in [6.07, 6.45) is 3.23. The fourth-order valence-corrected chi connectivity index (χ4v) is 4.81. The molecule has 0 radical (unpaired) electrons. The molecule has 0 heterocycles. The number of allylic oxidation sites excluding steroid dienone is 1. The van der Waals surface area contributed by atoms with Crippen LogP contribution in [0.4, 0.5) is 5.69 Å². The quantitative estimate of drug-likeness (QED) is 0.183. The van der Waals surface area contributed by atoms with Gasteiger partial charge in [0, 0.05) is 28.6 Å². The summed E-state index contributed by atoms with van der Waals surface area (Å²) in [6.45, 7) is 1.70. The zero-order chi connectivity index (χ0) is 24.4. The van der Waals surface area contributed by atoms with Gasteiger partial charge in [-0.05, 0) is 36.2 Å². The first-order valence-electron chi connectivity index (χ1n) is 10.1. The molecule has 0 spiro atoms. The molecule has 33 heavy (non-hydrogen) atoms. The number of carbonyl (C=O) groups is 3. The SMILES string of the molecule is CC[C@]1(C(=O)c2ccc(Cl)cc2)[C@H](/C=C/c2cccc([N+](=O)[O-])c2)C1(C(=O)OC)C(=O)OC. The van der Waals surface area contributed by atoms with E-state index in [4.69, 9.17) is 21.1 Å². The van der Waals surface area contributed by atoms with Crippen LogP contribution in [0.2, 0.25) is 5.02 Å². The fraction of sp³-hybridized carbons (Fsp3) is 0.292. The van der Waals surface area contributed by atoms with Crippen molar-refractivity contribution in [2.75, 3.05) is 14.2 Å². The minimum atomic E-state index is -1.89. The van der Waals surface area contributed by atoms with Crippen molar-refractivity contribution < 1.29 is 28.8 Å². The first-order chi connectivity index (χ1) is 15.7. The van der Waals surface area contributed by atoms with Crippen molar-refractivity contribution in [2.24, 2.45) is 16.7 Å². The van der Waals surface area contributed by atoms with Gasteiger partial charge in [0.2, 0.25) is 0 Å². The highest BCUT2D eigenvalue weighted by Gasteiger charge is 2.87. The summed E-state index contributed by atoms with van der Waals surface area (Å²) < 4.78 is 9.92. The third-order valence-electron chi connectivity index (χ3n) is 6.26. The number of ketones is 1. The summed E-state index contributed by atoms with van der Waals surface area (Å²) >= 11 is 5.94. The number of methoxy groups -OCH3 is 2. The molecule has 3 rings (SSSR count). The molecule has 9 heteroatoms. The van der Waals surface area contributed by atoms with Crippen LogP contribution in [-0.2, 0) is 19.1 Å². The molecule has 2 aromatic carbocycles. The third-order valence-corrected chi connectivity index (χ3v) is 6.52. The second-order valence-electron chi connectivity index (χ2n) is 7.64. The Hall–Kier alpha value is -3.52. The van der Waals surface area contributed by atoms with Crippen LogP contribution in [0.15, 0.2) is 54.6 Å². The molecular formula is C24H22ClNO7. The first kappa shape index (κ1) is 24.1. The van der Waals surface area contributed by atoms with Crippen LogP contribution >= 0.6 is 11.6 Å². The number of hydrogen-bond donors (Lipinski definition) is 0. The first-order valence-corrected chi connectivity index (χ1v) is 10.5. The number of nitrogens with zero attached hydrogens (tertiary/aromatic N) is 1. The zero-order valence-electron chi connectivity index (χ0n) is 18.2. The molecule has 172 valence electrons. The van der Waals surface area contributed by atoms with E-state index in [0.29, 0.717) is 10.6 Å². The van der Waals surface area contributed by atoms with Gasteiger partial charge in [-0.3, -0.25) is 24.5 Å². The Balaban J connectivity index is 2.15.